The van der Waals surface area contributed by atoms with Crippen LogP contribution in [0.3, 0.4) is 0 Å². The molecule has 4 rings (SSSR count). The summed E-state index contributed by atoms with van der Waals surface area (Å²) in [4.78, 5) is 27.1. The van der Waals surface area contributed by atoms with E-state index in [1.807, 2.05) is 0 Å². The summed E-state index contributed by atoms with van der Waals surface area (Å²) in [7, 11) is 4.45. The number of esters is 1. The number of aryl methyl sites for hydroxylation is 1. The average molecular weight is 497 g/mol. The lowest BCUT2D eigenvalue weighted by molar-refractivity contribution is -0.139. The number of aromatic nitrogens is 1. The molecule has 1 aliphatic heterocycles. The molecule has 1 aliphatic rings. The Morgan fingerprint density at radius 2 is 1.81 bits per heavy atom. The molecule has 36 heavy (non-hydrogen) atoms. The third kappa shape index (κ3) is 4.26. The highest BCUT2D eigenvalue weighted by atomic mass is 16.5. The molecule has 0 aliphatic carbocycles. The third-order valence-electron chi connectivity index (χ3n) is 5.98. The van der Waals surface area contributed by atoms with Crippen LogP contribution in [-0.2, 0) is 16.1 Å². The first-order valence-electron chi connectivity index (χ1n) is 11.3. The Labute approximate surface area is 207 Å². The molecule has 0 saturated carbocycles. The van der Waals surface area contributed by atoms with Crippen LogP contribution in [0.2, 0.25) is 0 Å². The highest BCUT2D eigenvalue weighted by Crippen LogP contribution is 2.46. The first-order chi connectivity index (χ1) is 17.3. The lowest BCUT2D eigenvalue weighted by atomic mass is 9.83. The predicted molar refractivity (Wildman–Crippen MR) is 130 cm³/mol. The van der Waals surface area contributed by atoms with Crippen molar-refractivity contribution in [3.05, 3.63) is 81.0 Å². The Morgan fingerprint density at radius 1 is 1.11 bits per heavy atom. The summed E-state index contributed by atoms with van der Waals surface area (Å²) in [5, 5.41) is 0. The zero-order valence-corrected chi connectivity index (χ0v) is 20.7. The molecule has 0 saturated heterocycles. The maximum atomic E-state index is 13.9. The maximum Gasteiger partial charge on any atom is 0.340 e. The van der Waals surface area contributed by atoms with Crippen LogP contribution >= 0.6 is 0 Å². The van der Waals surface area contributed by atoms with Gasteiger partial charge in [0.05, 0.1) is 52.2 Å². The molecule has 1 aromatic carbocycles. The fraction of sp³-hybridized carbons (Fsp3) is 0.308. The molecular formula is C26H28N2O8. The summed E-state index contributed by atoms with van der Waals surface area (Å²) in [6.07, 6.45) is 1.54. The number of carbonyl (C=O) groups is 1. The van der Waals surface area contributed by atoms with Gasteiger partial charge in [-0.25, -0.2) is 4.79 Å². The van der Waals surface area contributed by atoms with Crippen LogP contribution in [0, 0.1) is 6.92 Å². The van der Waals surface area contributed by atoms with Crippen molar-refractivity contribution in [3.8, 4) is 23.0 Å². The van der Waals surface area contributed by atoms with Crippen molar-refractivity contribution in [1.29, 1.82) is 0 Å². The first kappa shape index (κ1) is 24.8. The topological polar surface area (TPSA) is 124 Å². The Balaban J connectivity index is 2.01. The van der Waals surface area contributed by atoms with Gasteiger partial charge in [0.2, 0.25) is 11.6 Å². The van der Waals surface area contributed by atoms with E-state index in [1.54, 1.807) is 48.7 Å². The molecule has 10 heteroatoms. The van der Waals surface area contributed by atoms with Crippen molar-refractivity contribution >= 4 is 5.97 Å². The third-order valence-corrected chi connectivity index (χ3v) is 5.98. The molecule has 0 radical (unpaired) electrons. The number of furan rings is 1. The molecule has 3 heterocycles. The summed E-state index contributed by atoms with van der Waals surface area (Å²) in [6.45, 7) is 3.77. The predicted octanol–water partition coefficient (Wildman–Crippen LogP) is 3.08. The average Bonchev–Trinajstić information content (AvgIpc) is 3.38. The lowest BCUT2D eigenvalue weighted by Gasteiger charge is -2.29. The monoisotopic (exact) mass is 496 g/mol. The molecule has 0 fully saturated rings. The van der Waals surface area contributed by atoms with Crippen LogP contribution in [0.1, 0.15) is 35.4 Å². The smallest absolute Gasteiger partial charge is 0.340 e. The number of hydrogen-bond donors (Lipinski definition) is 1. The number of hydrogen-bond acceptors (Lipinski definition) is 9. The van der Waals surface area contributed by atoms with E-state index < -0.39 is 11.9 Å². The summed E-state index contributed by atoms with van der Waals surface area (Å²) in [5.74, 6) is 0.135. The molecule has 0 amide bonds. The molecule has 190 valence electrons. The van der Waals surface area contributed by atoms with E-state index in [1.165, 1.54) is 27.6 Å². The van der Waals surface area contributed by atoms with E-state index in [9.17, 15) is 9.59 Å². The van der Waals surface area contributed by atoms with Gasteiger partial charge < -0.3 is 38.4 Å². The lowest BCUT2D eigenvalue weighted by Crippen LogP contribution is -2.35. The number of methoxy groups -OCH3 is 3. The Morgan fingerprint density at radius 3 is 2.36 bits per heavy atom. The Hall–Kier alpha value is -4.34. The fourth-order valence-corrected chi connectivity index (χ4v) is 4.35. The van der Waals surface area contributed by atoms with Crippen LogP contribution in [0.15, 0.2) is 57.3 Å². The summed E-state index contributed by atoms with van der Waals surface area (Å²) >= 11 is 0. The zero-order valence-electron chi connectivity index (χ0n) is 20.7. The quantitative estimate of drug-likeness (QED) is 0.469. The molecule has 0 unspecified atom stereocenters. The Bertz CT molecular complexity index is 1350. The molecule has 2 N–H and O–H groups in total. The SMILES string of the molecule is CCOC(=O)C1=C(N)Oc2cc(C)n(Cc3ccco3)c(=O)c2[C@@H]1c1cc(OC)c(OC)c(OC)c1. The van der Waals surface area contributed by atoms with Gasteiger partial charge in [-0.05, 0) is 43.7 Å². The molecule has 0 spiro atoms. The number of nitrogens with zero attached hydrogens (tertiary/aromatic N) is 1. The van der Waals surface area contributed by atoms with Gasteiger partial charge in [-0.2, -0.15) is 0 Å². The highest BCUT2D eigenvalue weighted by Gasteiger charge is 2.39. The van der Waals surface area contributed by atoms with Gasteiger partial charge in [-0.3, -0.25) is 4.79 Å². The van der Waals surface area contributed by atoms with Crippen molar-refractivity contribution in [2.24, 2.45) is 5.73 Å². The molecule has 3 aromatic rings. The molecular weight excluding hydrogens is 468 g/mol. The minimum atomic E-state index is -0.933. The van der Waals surface area contributed by atoms with Crippen LogP contribution in [0.5, 0.6) is 23.0 Å². The summed E-state index contributed by atoms with van der Waals surface area (Å²) in [5.41, 5.74) is 7.24. The second kappa shape index (κ2) is 10.1. The molecule has 2 aromatic heterocycles. The second-order valence-electron chi connectivity index (χ2n) is 8.03. The summed E-state index contributed by atoms with van der Waals surface area (Å²) < 4.78 is 34.6. The maximum absolute atomic E-state index is 13.9. The van der Waals surface area contributed by atoms with E-state index >= 15 is 0 Å². The standard InChI is InChI=1S/C26H28N2O8/c1-6-34-26(30)22-20(15-11-18(31-3)23(33-5)19(12-15)32-4)21-17(36-24(22)27)10-14(2)28(25(21)29)13-16-8-7-9-35-16/h7-12,20H,6,13,27H2,1-5H3/t20-/m0/s1. The van der Waals surface area contributed by atoms with Crippen molar-refractivity contribution in [3.63, 3.8) is 0 Å². The fourth-order valence-electron chi connectivity index (χ4n) is 4.35. The van der Waals surface area contributed by atoms with Gasteiger partial charge in [-0.1, -0.05) is 0 Å². The van der Waals surface area contributed by atoms with Gasteiger partial charge in [-0.15, -0.1) is 0 Å². The number of rotatable bonds is 8. The minimum Gasteiger partial charge on any atom is -0.493 e. The number of nitrogens with two attached hydrogens (primary N) is 1. The highest BCUT2D eigenvalue weighted by molar-refractivity contribution is 5.92. The van der Waals surface area contributed by atoms with Gasteiger partial charge in [0.25, 0.3) is 5.56 Å². The van der Waals surface area contributed by atoms with Gasteiger partial charge >= 0.3 is 5.97 Å². The van der Waals surface area contributed by atoms with Crippen molar-refractivity contribution < 1.29 is 32.9 Å². The van der Waals surface area contributed by atoms with E-state index in [2.05, 4.69) is 0 Å². The zero-order chi connectivity index (χ0) is 26.0. The molecule has 10 nitrogen and oxygen atoms in total. The van der Waals surface area contributed by atoms with Crippen molar-refractivity contribution in [2.75, 3.05) is 27.9 Å². The normalized spacial score (nSPS) is 14.6. The van der Waals surface area contributed by atoms with E-state index in [4.69, 9.17) is 33.8 Å². The first-order valence-corrected chi connectivity index (χ1v) is 11.3. The summed E-state index contributed by atoms with van der Waals surface area (Å²) in [6, 6.07) is 8.58. The van der Waals surface area contributed by atoms with Crippen LogP contribution in [0.25, 0.3) is 0 Å². The van der Waals surface area contributed by atoms with Gasteiger partial charge in [0, 0.05) is 11.8 Å². The van der Waals surface area contributed by atoms with Crippen molar-refractivity contribution in [1.82, 2.24) is 4.57 Å². The number of carbonyl (C=O) groups excluding carboxylic acids is 1. The number of fused-ring (bicyclic) bond motifs is 1. The Kier molecular flexibility index (Phi) is 6.96. The molecule has 0 bridgehead atoms. The number of pyridine rings is 1. The largest absolute Gasteiger partial charge is 0.493 e. The second-order valence-corrected chi connectivity index (χ2v) is 8.03. The number of benzene rings is 1. The number of ether oxygens (including phenoxy) is 5. The molecule has 1 atom stereocenters. The van der Waals surface area contributed by atoms with Crippen LogP contribution in [0.4, 0.5) is 0 Å². The van der Waals surface area contributed by atoms with Gasteiger partial charge in [0.1, 0.15) is 17.1 Å². The van der Waals surface area contributed by atoms with Crippen LogP contribution < -0.4 is 30.2 Å². The van der Waals surface area contributed by atoms with Crippen molar-refractivity contribution in [2.45, 2.75) is 26.3 Å². The van der Waals surface area contributed by atoms with E-state index in [0.29, 0.717) is 34.3 Å². The van der Waals surface area contributed by atoms with E-state index in [0.717, 1.165) is 0 Å². The van der Waals surface area contributed by atoms with Crippen LogP contribution in [-0.4, -0.2) is 38.5 Å². The van der Waals surface area contributed by atoms with E-state index in [-0.39, 0.29) is 41.5 Å². The van der Waals surface area contributed by atoms with Gasteiger partial charge in [0.15, 0.2) is 11.5 Å². The minimum absolute atomic E-state index is 0.00382.